The summed E-state index contributed by atoms with van der Waals surface area (Å²) in [6.45, 7) is 1.72. The highest BCUT2D eigenvalue weighted by atomic mass is 79.9. The van der Waals surface area contributed by atoms with Crippen molar-refractivity contribution in [3.8, 4) is 11.4 Å². The number of aliphatic imine (C=N–C) groups is 1. The number of carbonyl (C=O) groups is 1. The molecule has 0 aliphatic heterocycles. The van der Waals surface area contributed by atoms with Crippen LogP contribution in [0, 0.1) is 6.92 Å². The van der Waals surface area contributed by atoms with Gasteiger partial charge in [0.05, 0.1) is 23.4 Å². The van der Waals surface area contributed by atoms with Crippen molar-refractivity contribution in [1.82, 2.24) is 9.78 Å². The van der Waals surface area contributed by atoms with Crippen molar-refractivity contribution in [3.63, 3.8) is 0 Å². The van der Waals surface area contributed by atoms with Gasteiger partial charge in [-0.25, -0.2) is 14.5 Å². The molecule has 0 atom stereocenters. The van der Waals surface area contributed by atoms with E-state index in [1.807, 2.05) is 0 Å². The molecule has 1 aromatic heterocycles. The molecule has 2 N–H and O–H groups in total. The number of halogens is 2. The third-order valence-electron chi connectivity index (χ3n) is 3.92. The SMILES string of the molecule is COc1cc(-n2[nH]c(C)c(C=NC(=O)Nc3ccc(Br)cc3)c2=O)ccc1Cl. The van der Waals surface area contributed by atoms with Crippen LogP contribution in [0.3, 0.4) is 0 Å². The highest BCUT2D eigenvalue weighted by Crippen LogP contribution is 2.26. The lowest BCUT2D eigenvalue weighted by molar-refractivity contribution is 0.259. The van der Waals surface area contributed by atoms with E-state index < -0.39 is 6.03 Å². The quantitative estimate of drug-likeness (QED) is 0.556. The van der Waals surface area contributed by atoms with E-state index in [2.05, 4.69) is 31.3 Å². The van der Waals surface area contributed by atoms with Gasteiger partial charge in [0.2, 0.25) is 0 Å². The lowest BCUT2D eigenvalue weighted by Gasteiger charge is -2.06. The minimum atomic E-state index is -0.581. The van der Waals surface area contributed by atoms with Gasteiger partial charge in [0.15, 0.2) is 0 Å². The number of aromatic amines is 1. The molecule has 0 unspecified atom stereocenters. The summed E-state index contributed by atoms with van der Waals surface area (Å²) in [7, 11) is 1.50. The molecule has 0 bridgehead atoms. The molecular weight excluding hydrogens is 448 g/mol. The number of hydrogen-bond donors (Lipinski definition) is 2. The predicted octanol–water partition coefficient (Wildman–Crippen LogP) is 4.55. The van der Waals surface area contributed by atoms with Crippen molar-refractivity contribution in [1.29, 1.82) is 0 Å². The average Bonchev–Trinajstić information content (AvgIpc) is 2.96. The van der Waals surface area contributed by atoms with E-state index in [0.29, 0.717) is 27.8 Å². The summed E-state index contributed by atoms with van der Waals surface area (Å²) in [5.74, 6) is 0.447. The number of carbonyl (C=O) groups excluding carboxylic acids is 1. The normalized spacial score (nSPS) is 11.0. The molecule has 1 heterocycles. The van der Waals surface area contributed by atoms with E-state index >= 15 is 0 Å². The highest BCUT2D eigenvalue weighted by Gasteiger charge is 2.13. The van der Waals surface area contributed by atoms with E-state index in [9.17, 15) is 9.59 Å². The van der Waals surface area contributed by atoms with E-state index in [4.69, 9.17) is 16.3 Å². The van der Waals surface area contributed by atoms with E-state index in [1.54, 1.807) is 49.4 Å². The van der Waals surface area contributed by atoms with Crippen LogP contribution in [0.4, 0.5) is 10.5 Å². The van der Waals surface area contributed by atoms with Crippen molar-refractivity contribution in [2.45, 2.75) is 6.92 Å². The second-order valence-corrected chi connectivity index (χ2v) is 7.13. The number of aryl methyl sites for hydroxylation is 1. The lowest BCUT2D eigenvalue weighted by atomic mass is 10.3. The summed E-state index contributed by atoms with van der Waals surface area (Å²) in [6, 6.07) is 11.5. The number of benzene rings is 2. The number of H-pyrrole nitrogens is 1. The number of nitrogens with zero attached hydrogens (tertiary/aromatic N) is 2. The van der Waals surface area contributed by atoms with Crippen molar-refractivity contribution < 1.29 is 9.53 Å². The predicted molar refractivity (Wildman–Crippen MR) is 113 cm³/mol. The Morgan fingerprint density at radius 2 is 2.00 bits per heavy atom. The van der Waals surface area contributed by atoms with Crippen LogP contribution >= 0.6 is 27.5 Å². The van der Waals surface area contributed by atoms with Gasteiger partial charge in [0.25, 0.3) is 5.56 Å². The van der Waals surface area contributed by atoms with Gasteiger partial charge in [0.1, 0.15) is 5.75 Å². The van der Waals surface area contributed by atoms with Crippen molar-refractivity contribution in [2.75, 3.05) is 12.4 Å². The van der Waals surface area contributed by atoms with E-state index in [-0.39, 0.29) is 11.1 Å². The summed E-state index contributed by atoms with van der Waals surface area (Å²) < 4.78 is 7.42. The van der Waals surface area contributed by atoms with Crippen LogP contribution in [0.25, 0.3) is 5.69 Å². The first-order chi connectivity index (χ1) is 13.4. The number of methoxy groups -OCH3 is 1. The number of amides is 2. The molecule has 0 fully saturated rings. The molecule has 3 aromatic rings. The monoisotopic (exact) mass is 462 g/mol. The number of rotatable bonds is 4. The maximum absolute atomic E-state index is 12.7. The van der Waals surface area contributed by atoms with Crippen LogP contribution < -0.4 is 15.6 Å². The molecule has 0 saturated carbocycles. The minimum absolute atomic E-state index is 0.278. The molecule has 7 nitrogen and oxygen atoms in total. The van der Waals surface area contributed by atoms with Gasteiger partial charge in [-0.05, 0) is 43.3 Å². The Bertz CT molecular complexity index is 1100. The molecule has 9 heteroatoms. The Kier molecular flexibility index (Phi) is 6.01. The smallest absolute Gasteiger partial charge is 0.345 e. The average molecular weight is 464 g/mol. The molecule has 144 valence electrons. The van der Waals surface area contributed by atoms with Gasteiger partial charge in [-0.15, -0.1) is 0 Å². The molecule has 0 aliphatic rings. The Labute approximate surface area is 174 Å². The van der Waals surface area contributed by atoms with Crippen LogP contribution in [0.2, 0.25) is 5.02 Å². The van der Waals surface area contributed by atoms with Crippen molar-refractivity contribution in [3.05, 3.63) is 73.6 Å². The number of nitrogens with one attached hydrogen (secondary N) is 2. The van der Waals surface area contributed by atoms with Gasteiger partial charge in [-0.3, -0.25) is 9.89 Å². The van der Waals surface area contributed by atoms with Crippen LogP contribution in [-0.2, 0) is 0 Å². The molecule has 28 heavy (non-hydrogen) atoms. The van der Waals surface area contributed by atoms with Crippen LogP contribution in [0.15, 0.2) is 56.7 Å². The standard InChI is InChI=1S/C19H16BrClN4O3/c1-11-15(10-22-19(27)23-13-5-3-12(20)4-6-13)18(26)25(24-11)14-7-8-16(21)17(9-14)28-2/h3-10,24H,1-2H3,(H,23,27). The van der Waals surface area contributed by atoms with Crippen LogP contribution in [-0.4, -0.2) is 29.1 Å². The number of urea groups is 1. The summed E-state index contributed by atoms with van der Waals surface area (Å²) in [4.78, 5) is 28.6. The zero-order chi connectivity index (χ0) is 20.3. The molecule has 3 rings (SSSR count). The largest absolute Gasteiger partial charge is 0.495 e. The second kappa shape index (κ2) is 8.45. The second-order valence-electron chi connectivity index (χ2n) is 5.81. The molecule has 2 aromatic carbocycles. The first-order valence-electron chi connectivity index (χ1n) is 8.15. The fourth-order valence-electron chi connectivity index (χ4n) is 2.49. The first-order valence-corrected chi connectivity index (χ1v) is 9.32. The summed E-state index contributed by atoms with van der Waals surface area (Å²) in [5.41, 5.74) is 1.65. The Balaban J connectivity index is 1.83. The third kappa shape index (κ3) is 4.35. The fourth-order valence-corrected chi connectivity index (χ4v) is 2.95. The zero-order valence-electron chi connectivity index (χ0n) is 15.0. The lowest BCUT2D eigenvalue weighted by Crippen LogP contribution is -2.17. The highest BCUT2D eigenvalue weighted by molar-refractivity contribution is 9.10. The Morgan fingerprint density at radius 3 is 2.68 bits per heavy atom. The van der Waals surface area contributed by atoms with Crippen LogP contribution in [0.5, 0.6) is 5.75 Å². The summed E-state index contributed by atoms with van der Waals surface area (Å²) in [6.07, 6.45) is 1.24. The zero-order valence-corrected chi connectivity index (χ0v) is 17.3. The van der Waals surface area contributed by atoms with E-state index in [1.165, 1.54) is 18.0 Å². The Hall–Kier alpha value is -2.84. The maximum Gasteiger partial charge on any atom is 0.345 e. The topological polar surface area (TPSA) is 88.5 Å². The summed E-state index contributed by atoms with van der Waals surface area (Å²) >= 11 is 9.35. The van der Waals surface area contributed by atoms with Gasteiger partial charge in [-0.1, -0.05) is 27.5 Å². The molecule has 0 radical (unpaired) electrons. The minimum Gasteiger partial charge on any atom is -0.495 e. The summed E-state index contributed by atoms with van der Waals surface area (Å²) in [5, 5.41) is 6.03. The molecule has 0 spiro atoms. The molecular formula is C19H16BrClN4O3. The maximum atomic E-state index is 12.7. The third-order valence-corrected chi connectivity index (χ3v) is 4.76. The number of aromatic nitrogens is 2. The van der Waals surface area contributed by atoms with Gasteiger partial charge in [-0.2, -0.15) is 0 Å². The van der Waals surface area contributed by atoms with Crippen molar-refractivity contribution >= 4 is 45.5 Å². The van der Waals surface area contributed by atoms with Crippen molar-refractivity contribution in [2.24, 2.45) is 4.99 Å². The van der Waals surface area contributed by atoms with E-state index in [0.717, 1.165) is 4.47 Å². The number of hydrogen-bond acceptors (Lipinski definition) is 3. The molecule has 0 aliphatic carbocycles. The fraction of sp³-hybridized carbons (Fsp3) is 0.105. The van der Waals surface area contributed by atoms with Gasteiger partial charge in [0, 0.05) is 28.1 Å². The van der Waals surface area contributed by atoms with Gasteiger partial charge >= 0.3 is 6.03 Å². The first kappa shape index (κ1) is 19.9. The number of anilines is 1. The number of ether oxygens (including phenoxy) is 1. The molecule has 2 amide bonds. The Morgan fingerprint density at radius 1 is 1.29 bits per heavy atom. The van der Waals surface area contributed by atoms with Crippen LogP contribution in [0.1, 0.15) is 11.3 Å². The van der Waals surface area contributed by atoms with Gasteiger partial charge < -0.3 is 10.1 Å². The molecule has 0 saturated heterocycles.